The maximum atomic E-state index is 12.7. The van der Waals surface area contributed by atoms with Gasteiger partial charge in [-0.1, -0.05) is 12.8 Å². The number of amides is 2. The highest BCUT2D eigenvalue weighted by molar-refractivity contribution is 5.97. The number of aromatic nitrogens is 2. The molecule has 1 saturated heterocycles. The Morgan fingerprint density at radius 3 is 2.68 bits per heavy atom. The summed E-state index contributed by atoms with van der Waals surface area (Å²) in [5, 5.41) is 6.27. The molecule has 2 aromatic rings. The smallest absolute Gasteiger partial charge is 0.251 e. The highest BCUT2D eigenvalue weighted by Crippen LogP contribution is 2.37. The van der Waals surface area contributed by atoms with Gasteiger partial charge in [0.1, 0.15) is 11.4 Å². The van der Waals surface area contributed by atoms with Gasteiger partial charge in [-0.25, -0.2) is 4.98 Å². The molecular formula is C27H37N7O3. The molecule has 2 aliphatic heterocycles. The molecule has 5 rings (SSSR count). The number of carbonyl (C=O) groups excluding carboxylic acids is 2. The fraction of sp³-hybridized carbons (Fsp3) is 0.556. The van der Waals surface area contributed by atoms with Gasteiger partial charge in [0.05, 0.1) is 19.0 Å². The zero-order chi connectivity index (χ0) is 25.8. The normalized spacial score (nSPS) is 18.6. The molecule has 2 amide bonds. The minimum absolute atomic E-state index is 0.0713. The maximum Gasteiger partial charge on any atom is 0.251 e. The number of ether oxygens (including phenoxy) is 1. The van der Waals surface area contributed by atoms with Crippen molar-refractivity contribution < 1.29 is 14.3 Å². The van der Waals surface area contributed by atoms with E-state index in [0.29, 0.717) is 48.5 Å². The molecule has 3 aliphatic rings. The van der Waals surface area contributed by atoms with Crippen LogP contribution in [0.2, 0.25) is 0 Å². The molecule has 1 saturated carbocycles. The van der Waals surface area contributed by atoms with E-state index < -0.39 is 0 Å². The van der Waals surface area contributed by atoms with Crippen LogP contribution in [0.25, 0.3) is 0 Å². The molecule has 0 radical (unpaired) electrons. The quantitative estimate of drug-likeness (QED) is 0.562. The van der Waals surface area contributed by atoms with E-state index in [-0.39, 0.29) is 11.8 Å². The highest BCUT2D eigenvalue weighted by Gasteiger charge is 2.31. The molecule has 1 aliphatic carbocycles. The fourth-order valence-electron chi connectivity index (χ4n) is 5.56. The topological polar surface area (TPSA) is 103 Å². The molecule has 0 bridgehead atoms. The van der Waals surface area contributed by atoms with Crippen LogP contribution in [0.3, 0.4) is 0 Å². The molecule has 0 atom stereocenters. The Balaban J connectivity index is 1.32. The van der Waals surface area contributed by atoms with Crippen LogP contribution in [0.5, 0.6) is 5.75 Å². The van der Waals surface area contributed by atoms with Crippen molar-refractivity contribution in [1.82, 2.24) is 20.2 Å². The Morgan fingerprint density at radius 1 is 1.14 bits per heavy atom. The van der Waals surface area contributed by atoms with Crippen molar-refractivity contribution in [1.29, 1.82) is 0 Å². The van der Waals surface area contributed by atoms with E-state index in [2.05, 4.69) is 25.4 Å². The predicted octanol–water partition coefficient (Wildman–Crippen LogP) is 3.17. The van der Waals surface area contributed by atoms with E-state index >= 15 is 0 Å². The third kappa shape index (κ3) is 5.64. The summed E-state index contributed by atoms with van der Waals surface area (Å²) in [5.41, 5.74) is 1.94. The Bertz CT molecular complexity index is 1130. The third-order valence-corrected chi connectivity index (χ3v) is 7.71. The van der Waals surface area contributed by atoms with Gasteiger partial charge in [-0.3, -0.25) is 9.59 Å². The number of hydrogen-bond acceptors (Lipinski definition) is 8. The van der Waals surface area contributed by atoms with Crippen molar-refractivity contribution in [2.45, 2.75) is 51.0 Å². The van der Waals surface area contributed by atoms with Crippen LogP contribution in [0, 0.1) is 0 Å². The molecule has 3 heterocycles. The van der Waals surface area contributed by atoms with Gasteiger partial charge in [0.2, 0.25) is 11.9 Å². The Hall–Kier alpha value is -3.40. The molecule has 1 aromatic heterocycles. The number of hydrogen-bond donors (Lipinski definition) is 2. The largest absolute Gasteiger partial charge is 0.495 e. The van der Waals surface area contributed by atoms with Gasteiger partial charge in [0, 0.05) is 44.7 Å². The lowest BCUT2D eigenvalue weighted by Crippen LogP contribution is -2.34. The van der Waals surface area contributed by atoms with Gasteiger partial charge < -0.3 is 30.1 Å². The van der Waals surface area contributed by atoms with E-state index in [1.807, 2.05) is 6.07 Å². The van der Waals surface area contributed by atoms with Crippen molar-refractivity contribution in [2.75, 3.05) is 62.0 Å². The summed E-state index contributed by atoms with van der Waals surface area (Å²) < 4.78 is 5.59. The van der Waals surface area contributed by atoms with Crippen molar-refractivity contribution in [3.63, 3.8) is 0 Å². The van der Waals surface area contributed by atoms with Crippen LogP contribution in [-0.4, -0.2) is 79.6 Å². The van der Waals surface area contributed by atoms with E-state index in [1.54, 1.807) is 37.4 Å². The maximum absolute atomic E-state index is 12.7. The van der Waals surface area contributed by atoms with Gasteiger partial charge in [-0.2, -0.15) is 4.98 Å². The van der Waals surface area contributed by atoms with Gasteiger partial charge in [-0.15, -0.1) is 0 Å². The standard InChI is InChI=1S/C27H37N7O3/c1-32-22-18-29-27(31-25(22)34(15-11-24(32)35)20-7-3-4-8-20)30-21-10-9-19(17-23(21)37-2)26(36)28-12-16-33-13-5-6-14-33/h9-10,17-18,20H,3-8,11-16H2,1-2H3,(H,28,36)(H,29,30,31). The van der Waals surface area contributed by atoms with Crippen LogP contribution < -0.4 is 25.2 Å². The number of benzene rings is 1. The SMILES string of the molecule is COc1cc(C(=O)NCCN2CCCC2)ccc1Nc1ncc2c(n1)N(C1CCCC1)CCC(=O)N2C. The van der Waals surface area contributed by atoms with Crippen LogP contribution in [0.4, 0.5) is 23.1 Å². The molecule has 0 spiro atoms. The first kappa shape index (κ1) is 25.3. The van der Waals surface area contributed by atoms with Crippen LogP contribution >= 0.6 is 0 Å². The van der Waals surface area contributed by atoms with Gasteiger partial charge >= 0.3 is 0 Å². The summed E-state index contributed by atoms with van der Waals surface area (Å²) in [6, 6.07) is 5.71. The summed E-state index contributed by atoms with van der Waals surface area (Å²) >= 11 is 0. The van der Waals surface area contributed by atoms with Crippen molar-refractivity contribution >= 4 is 35.0 Å². The Labute approximate surface area is 218 Å². The molecule has 10 heteroatoms. The summed E-state index contributed by atoms with van der Waals surface area (Å²) in [6.45, 7) is 4.37. The lowest BCUT2D eigenvalue weighted by atomic mass is 10.1. The van der Waals surface area contributed by atoms with E-state index in [0.717, 1.165) is 44.0 Å². The summed E-state index contributed by atoms with van der Waals surface area (Å²) in [7, 11) is 3.36. The zero-order valence-electron chi connectivity index (χ0n) is 21.8. The highest BCUT2D eigenvalue weighted by atomic mass is 16.5. The summed E-state index contributed by atoms with van der Waals surface area (Å²) in [4.78, 5) is 41.0. The lowest BCUT2D eigenvalue weighted by molar-refractivity contribution is -0.118. The second-order valence-corrected chi connectivity index (χ2v) is 10.1. The number of anilines is 4. The minimum Gasteiger partial charge on any atom is -0.495 e. The van der Waals surface area contributed by atoms with Gasteiger partial charge in [-0.05, 0) is 57.0 Å². The van der Waals surface area contributed by atoms with E-state index in [9.17, 15) is 9.59 Å². The first-order chi connectivity index (χ1) is 18.0. The van der Waals surface area contributed by atoms with Crippen molar-refractivity contribution in [2.24, 2.45) is 0 Å². The van der Waals surface area contributed by atoms with Crippen LogP contribution in [-0.2, 0) is 4.79 Å². The second-order valence-electron chi connectivity index (χ2n) is 10.1. The monoisotopic (exact) mass is 507 g/mol. The lowest BCUT2D eigenvalue weighted by Gasteiger charge is -2.30. The van der Waals surface area contributed by atoms with Crippen LogP contribution in [0.15, 0.2) is 24.4 Å². The number of likely N-dealkylation sites (tertiary alicyclic amines) is 1. The fourth-order valence-corrected chi connectivity index (χ4v) is 5.56. The number of fused-ring (bicyclic) bond motifs is 1. The molecule has 37 heavy (non-hydrogen) atoms. The molecule has 1 aromatic carbocycles. The zero-order valence-corrected chi connectivity index (χ0v) is 21.8. The van der Waals surface area contributed by atoms with Gasteiger partial charge in [0.25, 0.3) is 5.91 Å². The molecular weight excluding hydrogens is 470 g/mol. The molecule has 2 N–H and O–H groups in total. The molecule has 198 valence electrons. The number of nitrogens with one attached hydrogen (secondary N) is 2. The Morgan fingerprint density at radius 2 is 1.92 bits per heavy atom. The van der Waals surface area contributed by atoms with E-state index in [4.69, 9.17) is 9.72 Å². The number of methoxy groups -OCH3 is 1. The number of carbonyl (C=O) groups is 2. The average Bonchev–Trinajstić information content (AvgIpc) is 3.62. The molecule has 0 unspecified atom stereocenters. The number of nitrogens with zero attached hydrogens (tertiary/aromatic N) is 5. The Kier molecular flexibility index (Phi) is 7.73. The summed E-state index contributed by atoms with van der Waals surface area (Å²) in [5.74, 6) is 1.69. The second kappa shape index (κ2) is 11.3. The average molecular weight is 508 g/mol. The predicted molar refractivity (Wildman–Crippen MR) is 144 cm³/mol. The van der Waals surface area contributed by atoms with Crippen molar-refractivity contribution in [3.05, 3.63) is 30.0 Å². The first-order valence-corrected chi connectivity index (χ1v) is 13.4. The summed E-state index contributed by atoms with van der Waals surface area (Å²) in [6.07, 6.45) is 9.27. The van der Waals surface area contributed by atoms with E-state index in [1.165, 1.54) is 25.7 Å². The van der Waals surface area contributed by atoms with Crippen molar-refractivity contribution in [3.8, 4) is 5.75 Å². The third-order valence-electron chi connectivity index (χ3n) is 7.71. The molecule has 2 fully saturated rings. The van der Waals surface area contributed by atoms with Gasteiger partial charge in [0.15, 0.2) is 5.82 Å². The number of rotatable bonds is 8. The molecule has 10 nitrogen and oxygen atoms in total. The first-order valence-electron chi connectivity index (χ1n) is 13.4. The van der Waals surface area contributed by atoms with Crippen LogP contribution in [0.1, 0.15) is 55.3 Å². The minimum atomic E-state index is -0.120.